The second kappa shape index (κ2) is 6.74. The van der Waals surface area contributed by atoms with Gasteiger partial charge in [-0.2, -0.15) is 0 Å². The molecule has 0 aliphatic carbocycles. The summed E-state index contributed by atoms with van der Waals surface area (Å²) in [7, 11) is -0.855. The molecule has 0 heterocycles. The van der Waals surface area contributed by atoms with Crippen LogP contribution in [0.2, 0.25) is 0 Å². The maximum absolute atomic E-state index is 12.1. The average molecular weight is 289 g/mol. The Kier molecular flexibility index (Phi) is 5.59. The van der Waals surface area contributed by atoms with E-state index in [0.717, 1.165) is 0 Å². The van der Waals surface area contributed by atoms with E-state index in [1.165, 1.54) is 32.4 Å². The predicted octanol–water partition coefficient (Wildman–Crippen LogP) is 0.753. The van der Waals surface area contributed by atoms with Crippen LogP contribution in [0.4, 0.5) is 0 Å². The van der Waals surface area contributed by atoms with Gasteiger partial charge in [0, 0.05) is 12.6 Å². The van der Waals surface area contributed by atoms with Crippen LogP contribution in [0.3, 0.4) is 0 Å². The lowest BCUT2D eigenvalue weighted by Crippen LogP contribution is -2.32. The number of hydrogen-bond acceptors (Lipinski definition) is 5. The molecule has 0 saturated heterocycles. The SMILES string of the molecule is CCC(O)CNS(=O)(=O)c1ccc(OC)cc1OC. The summed E-state index contributed by atoms with van der Waals surface area (Å²) in [5, 5.41) is 9.40. The molecule has 1 aromatic carbocycles. The summed E-state index contributed by atoms with van der Waals surface area (Å²) in [6.45, 7) is 1.74. The minimum atomic E-state index is -3.72. The average Bonchev–Trinajstić information content (AvgIpc) is 2.43. The summed E-state index contributed by atoms with van der Waals surface area (Å²) >= 11 is 0. The lowest BCUT2D eigenvalue weighted by atomic mass is 10.3. The highest BCUT2D eigenvalue weighted by atomic mass is 32.2. The van der Waals surface area contributed by atoms with Gasteiger partial charge in [0.25, 0.3) is 0 Å². The Morgan fingerprint density at radius 2 is 2.00 bits per heavy atom. The molecule has 19 heavy (non-hydrogen) atoms. The van der Waals surface area contributed by atoms with Crippen LogP contribution in [0.1, 0.15) is 13.3 Å². The predicted molar refractivity (Wildman–Crippen MR) is 71.0 cm³/mol. The van der Waals surface area contributed by atoms with Gasteiger partial charge in [-0.05, 0) is 18.6 Å². The van der Waals surface area contributed by atoms with Gasteiger partial charge in [0.2, 0.25) is 10.0 Å². The van der Waals surface area contributed by atoms with E-state index >= 15 is 0 Å². The third kappa shape index (κ3) is 4.09. The van der Waals surface area contributed by atoms with Crippen molar-refractivity contribution in [1.82, 2.24) is 4.72 Å². The van der Waals surface area contributed by atoms with Crippen LogP contribution >= 0.6 is 0 Å². The first-order valence-corrected chi connectivity index (χ1v) is 7.32. The van der Waals surface area contributed by atoms with Crippen LogP contribution in [0, 0.1) is 0 Å². The molecule has 1 aromatic rings. The van der Waals surface area contributed by atoms with Crippen molar-refractivity contribution in [2.45, 2.75) is 24.3 Å². The van der Waals surface area contributed by atoms with E-state index in [0.29, 0.717) is 12.2 Å². The maximum Gasteiger partial charge on any atom is 0.244 e. The first-order valence-electron chi connectivity index (χ1n) is 5.84. The van der Waals surface area contributed by atoms with Crippen LogP contribution in [0.5, 0.6) is 11.5 Å². The molecule has 0 fully saturated rings. The van der Waals surface area contributed by atoms with E-state index in [9.17, 15) is 13.5 Å². The molecule has 7 heteroatoms. The van der Waals surface area contributed by atoms with E-state index < -0.39 is 16.1 Å². The highest BCUT2D eigenvalue weighted by molar-refractivity contribution is 7.89. The van der Waals surface area contributed by atoms with Crippen molar-refractivity contribution in [3.8, 4) is 11.5 Å². The van der Waals surface area contributed by atoms with Gasteiger partial charge in [0.05, 0.1) is 20.3 Å². The zero-order valence-corrected chi connectivity index (χ0v) is 12.0. The van der Waals surface area contributed by atoms with Gasteiger partial charge in [0.15, 0.2) is 0 Å². The molecular weight excluding hydrogens is 270 g/mol. The lowest BCUT2D eigenvalue weighted by Gasteiger charge is -2.13. The van der Waals surface area contributed by atoms with Crippen LogP contribution < -0.4 is 14.2 Å². The minimum Gasteiger partial charge on any atom is -0.497 e. The molecule has 0 bridgehead atoms. The second-order valence-corrected chi connectivity index (χ2v) is 5.67. The highest BCUT2D eigenvalue weighted by Crippen LogP contribution is 2.28. The molecule has 0 aliphatic heterocycles. The van der Waals surface area contributed by atoms with E-state index in [-0.39, 0.29) is 17.2 Å². The number of aliphatic hydroxyl groups is 1. The van der Waals surface area contributed by atoms with Crippen molar-refractivity contribution in [2.24, 2.45) is 0 Å². The van der Waals surface area contributed by atoms with E-state index in [1.54, 1.807) is 6.92 Å². The van der Waals surface area contributed by atoms with Crippen molar-refractivity contribution in [3.05, 3.63) is 18.2 Å². The Morgan fingerprint density at radius 1 is 1.32 bits per heavy atom. The summed E-state index contributed by atoms with van der Waals surface area (Å²) in [5.74, 6) is 0.697. The fourth-order valence-corrected chi connectivity index (χ4v) is 2.65. The first kappa shape index (κ1) is 15.7. The fourth-order valence-electron chi connectivity index (χ4n) is 1.42. The van der Waals surface area contributed by atoms with Gasteiger partial charge in [-0.25, -0.2) is 13.1 Å². The fraction of sp³-hybridized carbons (Fsp3) is 0.500. The minimum absolute atomic E-state index is 0.0131. The number of sulfonamides is 1. The number of hydrogen-bond donors (Lipinski definition) is 2. The number of ether oxygens (including phenoxy) is 2. The normalized spacial score (nSPS) is 13.1. The van der Waals surface area contributed by atoms with Crippen molar-refractivity contribution in [1.29, 1.82) is 0 Å². The Morgan fingerprint density at radius 3 is 2.53 bits per heavy atom. The van der Waals surface area contributed by atoms with Crippen molar-refractivity contribution >= 4 is 10.0 Å². The molecule has 1 unspecified atom stereocenters. The van der Waals surface area contributed by atoms with Gasteiger partial charge in [-0.15, -0.1) is 0 Å². The number of benzene rings is 1. The molecule has 0 radical (unpaired) electrons. The first-order chi connectivity index (χ1) is 8.94. The van der Waals surface area contributed by atoms with Crippen molar-refractivity contribution in [3.63, 3.8) is 0 Å². The maximum atomic E-state index is 12.1. The molecule has 0 amide bonds. The topological polar surface area (TPSA) is 84.9 Å². The molecule has 0 spiro atoms. The summed E-state index contributed by atoms with van der Waals surface area (Å²) in [4.78, 5) is 0.0131. The number of aliphatic hydroxyl groups excluding tert-OH is 1. The molecule has 0 aliphatic rings. The lowest BCUT2D eigenvalue weighted by molar-refractivity contribution is 0.174. The van der Waals surface area contributed by atoms with Gasteiger partial charge >= 0.3 is 0 Å². The molecule has 1 rings (SSSR count). The summed E-state index contributed by atoms with van der Waals surface area (Å²) in [5.41, 5.74) is 0. The molecule has 0 saturated carbocycles. The van der Waals surface area contributed by atoms with Gasteiger partial charge < -0.3 is 14.6 Å². The van der Waals surface area contributed by atoms with Crippen LogP contribution in [0.15, 0.2) is 23.1 Å². The summed E-state index contributed by atoms with van der Waals surface area (Å²) < 4.78 is 36.6. The second-order valence-electron chi connectivity index (χ2n) is 3.93. The number of methoxy groups -OCH3 is 2. The molecule has 1 atom stereocenters. The zero-order valence-electron chi connectivity index (χ0n) is 11.2. The van der Waals surface area contributed by atoms with Crippen LogP contribution in [-0.4, -0.2) is 40.4 Å². The van der Waals surface area contributed by atoms with Gasteiger partial charge in [0.1, 0.15) is 16.4 Å². The largest absolute Gasteiger partial charge is 0.497 e. The van der Waals surface area contributed by atoms with Gasteiger partial charge in [-0.1, -0.05) is 6.92 Å². The quantitative estimate of drug-likeness (QED) is 0.774. The van der Waals surface area contributed by atoms with Crippen molar-refractivity contribution < 1.29 is 23.0 Å². The Bertz CT molecular complexity index is 515. The Balaban J connectivity index is 3.00. The molecule has 0 aromatic heterocycles. The number of nitrogens with one attached hydrogen (secondary N) is 1. The zero-order chi connectivity index (χ0) is 14.5. The van der Waals surface area contributed by atoms with Crippen LogP contribution in [0.25, 0.3) is 0 Å². The monoisotopic (exact) mass is 289 g/mol. The third-order valence-electron chi connectivity index (χ3n) is 2.64. The molecule has 6 nitrogen and oxygen atoms in total. The van der Waals surface area contributed by atoms with Gasteiger partial charge in [-0.3, -0.25) is 0 Å². The van der Waals surface area contributed by atoms with E-state index in [4.69, 9.17) is 9.47 Å². The number of rotatable bonds is 7. The molecule has 108 valence electrons. The van der Waals surface area contributed by atoms with E-state index in [2.05, 4.69) is 4.72 Å². The Labute approximate surface area is 113 Å². The standard InChI is InChI=1S/C12H19NO5S/c1-4-9(14)8-13-19(15,16)12-6-5-10(17-2)7-11(12)18-3/h5-7,9,13-14H,4,8H2,1-3H3. The third-order valence-corrected chi connectivity index (χ3v) is 4.10. The van der Waals surface area contributed by atoms with Crippen LogP contribution in [-0.2, 0) is 10.0 Å². The van der Waals surface area contributed by atoms with Crippen molar-refractivity contribution in [2.75, 3.05) is 20.8 Å². The summed E-state index contributed by atoms with van der Waals surface area (Å²) in [6, 6.07) is 4.43. The highest BCUT2D eigenvalue weighted by Gasteiger charge is 2.20. The summed E-state index contributed by atoms with van der Waals surface area (Å²) in [6.07, 6.45) is -0.235. The Hall–Kier alpha value is -1.31. The van der Waals surface area contributed by atoms with E-state index in [1.807, 2.05) is 0 Å². The molecule has 2 N–H and O–H groups in total. The molecular formula is C12H19NO5S. The smallest absolute Gasteiger partial charge is 0.244 e.